The molecule has 394 valence electrons. The van der Waals surface area contributed by atoms with E-state index in [2.05, 4.69) is 149 Å². The van der Waals surface area contributed by atoms with Gasteiger partial charge in [0.15, 0.2) is 39.1 Å². The minimum absolute atomic E-state index is 0.0516. The van der Waals surface area contributed by atoms with E-state index in [1.54, 1.807) is 0 Å². The van der Waals surface area contributed by atoms with E-state index in [0.29, 0.717) is 24.3 Å². The zero-order chi connectivity index (χ0) is 51.9. The van der Waals surface area contributed by atoms with Crippen molar-refractivity contribution in [3.8, 4) is 0 Å². The Kier molecular flexibility index (Phi) is 25.6. The fourth-order valence-corrected chi connectivity index (χ4v) is 20.5. The molecule has 0 saturated carbocycles. The number of esters is 1. The summed E-state index contributed by atoms with van der Waals surface area (Å²) in [6.07, 6.45) is 11.5. The van der Waals surface area contributed by atoms with E-state index in [-0.39, 0.29) is 41.3 Å². The Bertz CT molecular complexity index is 1650. The Morgan fingerprint density at radius 1 is 0.750 bits per heavy atom. The van der Waals surface area contributed by atoms with Crippen molar-refractivity contribution in [1.82, 2.24) is 0 Å². The van der Waals surface area contributed by atoms with Crippen LogP contribution in [0, 0.1) is 11.8 Å². The minimum atomic E-state index is -2.44. The maximum absolute atomic E-state index is 16.0. The second kappa shape index (κ2) is 27.7. The number of Topliss-reactive ketones (excluding diaryl/α,β-unsaturated/α-hetero) is 1. The van der Waals surface area contributed by atoms with Crippen molar-refractivity contribution < 1.29 is 36.8 Å². The highest BCUT2D eigenvalue weighted by molar-refractivity contribution is 6.75. The fraction of sp³-hybridized carbons (Fsp3) is 0.821. The molecule has 8 nitrogen and oxygen atoms in total. The second-order valence-corrected chi connectivity index (χ2v) is 41.9. The number of epoxide rings is 1. The maximum Gasteiger partial charge on any atom is 0.333 e. The lowest BCUT2D eigenvalue weighted by atomic mass is 9.85. The van der Waals surface area contributed by atoms with Gasteiger partial charge < -0.3 is 27.2 Å². The van der Waals surface area contributed by atoms with E-state index >= 15 is 4.79 Å². The summed E-state index contributed by atoms with van der Waals surface area (Å²) in [5.74, 6) is -0.000327. The maximum atomic E-state index is 16.0. The normalized spacial score (nSPS) is 31.0. The van der Waals surface area contributed by atoms with Crippen LogP contribution in [-0.2, 0) is 36.8 Å². The van der Waals surface area contributed by atoms with Gasteiger partial charge in [0.2, 0.25) is 0 Å². The summed E-state index contributed by atoms with van der Waals surface area (Å²) >= 11 is 0. The van der Waals surface area contributed by atoms with E-state index in [1.165, 1.54) is 0 Å². The van der Waals surface area contributed by atoms with Crippen molar-refractivity contribution in [2.24, 2.45) is 11.8 Å². The van der Waals surface area contributed by atoms with Crippen molar-refractivity contribution in [2.75, 3.05) is 0 Å². The molecule has 1 saturated heterocycles. The second-order valence-electron chi connectivity index (χ2n) is 23.1. The molecule has 68 heavy (non-hydrogen) atoms. The standard InChI is InChI=1S/C56H106O8Si4/c1-22-66(23-2,24-3)62-52-45(13)39-47(15)59-54(58)44(12)34-32-31-33-35-50-51(60-50)38-43(11)36-42(10)37-46(14)56(19,64-68(28-7,29-8)30-9)41-48(61-65(20,21)55(16,17)18)40-49(57)53(52)63-67(25-4,26-5)27-6/h33-35,37,43,45,47-48,50-53H,10,22-32,36,38-41H2,1-9,11-21H3/b35-33+,44-34+,46-37+/t43-,45-,47+,48-,50+,51+,52+,53+,56-/m1/s1. The molecule has 2 rings (SSSR count). The molecule has 0 radical (unpaired) electrons. The van der Waals surface area contributed by atoms with Gasteiger partial charge in [-0.05, 0) is 150 Å². The Morgan fingerprint density at radius 2 is 1.28 bits per heavy atom. The molecule has 0 unspecified atom stereocenters. The van der Waals surface area contributed by atoms with Gasteiger partial charge in [-0.3, -0.25) is 4.79 Å². The number of allylic oxidation sites excluding steroid dienone is 4. The molecule has 0 amide bonds. The molecule has 0 aromatic carbocycles. The number of fused-ring (bicyclic) bond motifs is 1. The highest BCUT2D eigenvalue weighted by Gasteiger charge is 2.49. The lowest BCUT2D eigenvalue weighted by molar-refractivity contribution is -0.146. The van der Waals surface area contributed by atoms with Gasteiger partial charge in [0.1, 0.15) is 12.2 Å². The summed E-state index contributed by atoms with van der Waals surface area (Å²) in [7, 11) is -9.34. The van der Waals surface area contributed by atoms with Crippen LogP contribution in [0.3, 0.4) is 0 Å². The average molecular weight is 1020 g/mol. The van der Waals surface area contributed by atoms with Gasteiger partial charge in [-0.25, -0.2) is 4.79 Å². The number of ether oxygens (including phenoxy) is 2. The molecule has 0 spiro atoms. The van der Waals surface area contributed by atoms with Crippen molar-refractivity contribution in [3.63, 3.8) is 0 Å². The Morgan fingerprint density at radius 3 is 1.79 bits per heavy atom. The number of cyclic esters (lactones) is 1. The SMILES string of the molecule is C=C1/C=C(\C)[C@](C)(O[Si](CC)(CC)CC)C[C@H](O[Si](C)(C)C(C)(C)C)CC(=O)[C@H](O[Si](CC)(CC)CC)[C@@H](O[Si](CC)(CC)CC)[C@H](C)C[C@H](C)OC(=O)/C(C)=C/CC/C=C/[C@@H]2O[C@H]2C[C@H](C)C1. The Hall–Kier alpha value is -1.23. The smallest absolute Gasteiger partial charge is 0.333 e. The number of rotatable bonds is 17. The molecular formula is C56H106O8Si4. The molecule has 12 heteroatoms. The molecule has 0 aliphatic carbocycles. The number of hydrogen-bond acceptors (Lipinski definition) is 8. The van der Waals surface area contributed by atoms with E-state index in [9.17, 15) is 4.79 Å². The van der Waals surface area contributed by atoms with Crippen LogP contribution in [0.15, 0.2) is 47.6 Å². The molecule has 0 aromatic rings. The topological polar surface area (TPSA) is 92.8 Å². The molecule has 0 aromatic heterocycles. The molecule has 0 bridgehead atoms. The zero-order valence-corrected chi connectivity index (χ0v) is 51.7. The van der Waals surface area contributed by atoms with E-state index in [1.807, 2.05) is 19.9 Å². The van der Waals surface area contributed by atoms with Crippen LogP contribution in [0.1, 0.15) is 170 Å². The van der Waals surface area contributed by atoms with Crippen molar-refractivity contribution in [1.29, 1.82) is 0 Å². The third-order valence-electron chi connectivity index (χ3n) is 17.1. The minimum Gasteiger partial charge on any atom is -0.459 e. The first-order chi connectivity index (χ1) is 31.7. The highest BCUT2D eigenvalue weighted by atomic mass is 28.4. The summed E-state index contributed by atoms with van der Waals surface area (Å²) in [6.45, 7) is 49.2. The van der Waals surface area contributed by atoms with E-state index in [0.717, 1.165) is 91.2 Å². The number of carbonyl (C=O) groups excluding carboxylic acids is 2. The van der Waals surface area contributed by atoms with Gasteiger partial charge in [0.25, 0.3) is 0 Å². The predicted molar refractivity (Wildman–Crippen MR) is 299 cm³/mol. The average Bonchev–Trinajstić information content (AvgIpc) is 4.02. The van der Waals surface area contributed by atoms with Gasteiger partial charge >= 0.3 is 5.97 Å². The zero-order valence-electron chi connectivity index (χ0n) is 47.7. The molecule has 0 N–H and O–H groups in total. The lowest BCUT2D eigenvalue weighted by Gasteiger charge is -2.46. The first-order valence-corrected chi connectivity index (χ1v) is 38.0. The first kappa shape index (κ1) is 62.9. The Labute approximate surface area is 423 Å². The molecular weight excluding hydrogens is 913 g/mol. The Balaban J connectivity index is 3.01. The van der Waals surface area contributed by atoms with Gasteiger partial charge in [0.05, 0.1) is 30.0 Å². The van der Waals surface area contributed by atoms with Crippen LogP contribution in [0.5, 0.6) is 0 Å². The van der Waals surface area contributed by atoms with Crippen LogP contribution in [0.2, 0.25) is 72.5 Å². The van der Waals surface area contributed by atoms with Crippen LogP contribution >= 0.6 is 0 Å². The fourth-order valence-electron chi connectivity index (χ4n) is 10.3. The number of carbonyl (C=O) groups is 2. The van der Waals surface area contributed by atoms with Crippen molar-refractivity contribution >= 4 is 45.0 Å². The summed E-state index contributed by atoms with van der Waals surface area (Å²) in [4.78, 5) is 29.6. The van der Waals surface area contributed by atoms with E-state index in [4.69, 9.17) is 27.2 Å². The summed E-state index contributed by atoms with van der Waals surface area (Å²) in [5.41, 5.74) is 2.13. The van der Waals surface area contributed by atoms with Crippen molar-refractivity contribution in [3.05, 3.63) is 47.6 Å². The van der Waals surface area contributed by atoms with Gasteiger partial charge in [-0.1, -0.05) is 133 Å². The van der Waals surface area contributed by atoms with Crippen LogP contribution in [0.4, 0.5) is 0 Å². The molecule has 9 atom stereocenters. The van der Waals surface area contributed by atoms with Crippen LogP contribution in [0.25, 0.3) is 0 Å². The molecule has 2 aliphatic heterocycles. The quantitative estimate of drug-likeness (QED) is 0.0616. The predicted octanol–water partition coefficient (Wildman–Crippen LogP) is 16.2. The molecule has 2 aliphatic rings. The third kappa shape index (κ3) is 18.1. The monoisotopic (exact) mass is 1020 g/mol. The summed E-state index contributed by atoms with van der Waals surface area (Å²) in [5, 5.41) is -0.0885. The molecule has 1 fully saturated rings. The van der Waals surface area contributed by atoms with E-state index < -0.39 is 63.3 Å². The van der Waals surface area contributed by atoms with Gasteiger partial charge in [0, 0.05) is 18.4 Å². The number of hydrogen-bond donors (Lipinski definition) is 0. The molecule has 2 heterocycles. The third-order valence-corrected chi connectivity index (χ3v) is 35.6. The lowest BCUT2D eigenvalue weighted by Crippen LogP contribution is -2.56. The largest absolute Gasteiger partial charge is 0.459 e. The first-order valence-electron chi connectivity index (χ1n) is 27.5. The van der Waals surface area contributed by atoms with Crippen LogP contribution in [-0.4, -0.2) is 87.2 Å². The summed E-state index contributed by atoms with van der Waals surface area (Å²) < 4.78 is 42.7. The number of ketones is 1. The highest BCUT2D eigenvalue weighted by Crippen LogP contribution is 2.43. The van der Waals surface area contributed by atoms with Gasteiger partial charge in [-0.15, -0.1) is 0 Å². The van der Waals surface area contributed by atoms with Gasteiger partial charge in [-0.2, -0.15) is 0 Å². The van der Waals surface area contributed by atoms with Crippen molar-refractivity contribution in [2.45, 2.75) is 284 Å². The summed E-state index contributed by atoms with van der Waals surface area (Å²) in [6, 6.07) is 8.59. The van der Waals surface area contributed by atoms with Crippen LogP contribution < -0.4 is 0 Å².